The van der Waals surface area contributed by atoms with Gasteiger partial charge >= 0.3 is 0 Å². The first-order valence-corrected chi connectivity index (χ1v) is 6.12. The van der Waals surface area contributed by atoms with Gasteiger partial charge in [-0.05, 0) is 25.7 Å². The lowest BCUT2D eigenvalue weighted by Crippen LogP contribution is -2.30. The van der Waals surface area contributed by atoms with Gasteiger partial charge in [-0.15, -0.1) is 0 Å². The molecule has 94 valence electrons. The Bertz CT molecular complexity index is 457. The third-order valence-electron chi connectivity index (χ3n) is 2.79. The fraction of sp³-hybridized carbons (Fsp3) is 0.636. The second-order valence-electron chi connectivity index (χ2n) is 4.53. The minimum atomic E-state index is -0.218. The number of hydrogen-bond acceptors (Lipinski definition) is 4. The summed E-state index contributed by atoms with van der Waals surface area (Å²) < 4.78 is 1.44. The molecule has 1 unspecified atom stereocenters. The van der Waals surface area contributed by atoms with Crippen LogP contribution in [-0.2, 0) is 6.54 Å². The zero-order valence-electron chi connectivity index (χ0n) is 9.69. The Morgan fingerprint density at radius 3 is 3.00 bits per heavy atom. The molecule has 1 aromatic rings. The third-order valence-corrected chi connectivity index (χ3v) is 3.08. The van der Waals surface area contributed by atoms with Gasteiger partial charge in [0.2, 0.25) is 0 Å². The van der Waals surface area contributed by atoms with Crippen LogP contribution in [0.5, 0.6) is 0 Å². The maximum absolute atomic E-state index is 12.1. The van der Waals surface area contributed by atoms with Crippen molar-refractivity contribution in [3.05, 3.63) is 21.6 Å². The molecule has 1 heterocycles. The lowest BCUT2D eigenvalue weighted by atomic mass is 10.3. The smallest absolute Gasteiger partial charge is 0.291 e. The fourth-order valence-corrected chi connectivity index (χ4v) is 1.75. The fourth-order valence-electron chi connectivity index (χ4n) is 1.57. The summed E-state index contributed by atoms with van der Waals surface area (Å²) in [5.41, 5.74) is 0.105. The Morgan fingerprint density at radius 1 is 1.71 bits per heavy atom. The molecule has 17 heavy (non-hydrogen) atoms. The monoisotopic (exact) mass is 257 g/mol. The predicted octanol–water partition coefficient (Wildman–Crippen LogP) is 1.10. The molecule has 2 N–H and O–H groups in total. The molecule has 1 aliphatic carbocycles. The molecule has 1 aliphatic rings. The Kier molecular flexibility index (Phi) is 3.69. The maximum atomic E-state index is 12.1. The lowest BCUT2D eigenvalue weighted by molar-refractivity contribution is 0.281. The molecule has 1 atom stereocenters. The van der Waals surface area contributed by atoms with Crippen molar-refractivity contribution in [1.29, 1.82) is 0 Å². The first kappa shape index (κ1) is 12.4. The van der Waals surface area contributed by atoms with E-state index >= 15 is 0 Å². The van der Waals surface area contributed by atoms with E-state index in [1.54, 1.807) is 6.92 Å². The van der Waals surface area contributed by atoms with Crippen molar-refractivity contribution in [3.63, 3.8) is 0 Å². The van der Waals surface area contributed by atoms with Gasteiger partial charge in [-0.25, -0.2) is 4.68 Å². The average molecular weight is 258 g/mol. The van der Waals surface area contributed by atoms with Crippen LogP contribution in [0, 0.1) is 5.92 Å². The van der Waals surface area contributed by atoms with E-state index in [9.17, 15) is 4.79 Å². The Balaban J connectivity index is 2.25. The van der Waals surface area contributed by atoms with Crippen LogP contribution in [0.15, 0.2) is 11.0 Å². The van der Waals surface area contributed by atoms with E-state index in [2.05, 4.69) is 10.4 Å². The van der Waals surface area contributed by atoms with E-state index in [-0.39, 0.29) is 18.2 Å². The summed E-state index contributed by atoms with van der Waals surface area (Å²) in [5, 5.41) is 16.2. The van der Waals surface area contributed by atoms with Crippen molar-refractivity contribution in [1.82, 2.24) is 9.78 Å². The van der Waals surface area contributed by atoms with Gasteiger partial charge in [-0.1, -0.05) is 11.6 Å². The minimum absolute atomic E-state index is 0.0548. The van der Waals surface area contributed by atoms with Gasteiger partial charge in [0, 0.05) is 12.6 Å². The second-order valence-corrected chi connectivity index (χ2v) is 4.93. The van der Waals surface area contributed by atoms with Gasteiger partial charge < -0.3 is 10.4 Å². The minimum Gasteiger partial charge on any atom is -0.394 e. The van der Waals surface area contributed by atoms with Crippen LogP contribution in [0.4, 0.5) is 5.69 Å². The van der Waals surface area contributed by atoms with Crippen LogP contribution in [0.2, 0.25) is 5.02 Å². The number of aliphatic hydroxyl groups excluding tert-OH is 1. The van der Waals surface area contributed by atoms with E-state index in [0.717, 1.165) is 12.8 Å². The molecular formula is C11H16ClN3O2. The molecule has 2 rings (SSSR count). The van der Waals surface area contributed by atoms with Crippen molar-refractivity contribution < 1.29 is 5.11 Å². The molecular weight excluding hydrogens is 242 g/mol. The second kappa shape index (κ2) is 5.06. The molecule has 0 bridgehead atoms. The molecule has 1 saturated carbocycles. The highest BCUT2D eigenvalue weighted by molar-refractivity contribution is 6.33. The van der Waals surface area contributed by atoms with E-state index < -0.39 is 0 Å². The van der Waals surface area contributed by atoms with Crippen molar-refractivity contribution in [2.75, 3.05) is 11.9 Å². The Labute approximate surface area is 104 Å². The predicted molar refractivity (Wildman–Crippen MR) is 66.4 cm³/mol. The lowest BCUT2D eigenvalue weighted by Gasteiger charge is -2.14. The zero-order valence-corrected chi connectivity index (χ0v) is 10.4. The third kappa shape index (κ3) is 2.98. The molecule has 0 aliphatic heterocycles. The summed E-state index contributed by atoms with van der Waals surface area (Å²) in [5.74, 6) is 0.574. The van der Waals surface area contributed by atoms with Gasteiger partial charge in [0.15, 0.2) is 0 Å². The summed E-state index contributed by atoms with van der Waals surface area (Å²) >= 11 is 5.93. The van der Waals surface area contributed by atoms with Gasteiger partial charge in [0.1, 0.15) is 5.69 Å². The topological polar surface area (TPSA) is 67.2 Å². The number of halogens is 1. The first-order chi connectivity index (χ1) is 8.11. The number of aromatic nitrogens is 2. The molecule has 0 aromatic carbocycles. The van der Waals surface area contributed by atoms with Crippen LogP contribution >= 0.6 is 11.6 Å². The molecule has 5 nitrogen and oxygen atoms in total. The number of hydrogen-bond donors (Lipinski definition) is 2. The van der Waals surface area contributed by atoms with Gasteiger partial charge in [-0.2, -0.15) is 5.10 Å². The normalized spacial score (nSPS) is 16.9. The molecule has 0 saturated heterocycles. The van der Waals surface area contributed by atoms with Crippen LogP contribution in [0.3, 0.4) is 0 Å². The standard InChI is InChI=1S/C11H16ClN3O2/c1-7(6-16)14-10-9(12)4-13-15(11(10)17)5-8-2-3-8/h4,7-8,14,16H,2-3,5-6H2,1H3. The molecule has 1 aromatic heterocycles. The van der Waals surface area contributed by atoms with Crippen LogP contribution in [0.25, 0.3) is 0 Å². The largest absolute Gasteiger partial charge is 0.394 e. The number of nitrogens with zero attached hydrogens (tertiary/aromatic N) is 2. The molecule has 1 fully saturated rings. The van der Waals surface area contributed by atoms with Gasteiger partial charge in [0.25, 0.3) is 5.56 Å². The summed E-state index contributed by atoms with van der Waals surface area (Å²) in [6, 6.07) is -0.211. The number of nitrogens with one attached hydrogen (secondary N) is 1. The van der Waals surface area contributed by atoms with Crippen molar-refractivity contribution >= 4 is 17.3 Å². The van der Waals surface area contributed by atoms with E-state index in [4.69, 9.17) is 16.7 Å². The molecule has 6 heteroatoms. The summed E-state index contributed by atoms with van der Waals surface area (Å²) in [4.78, 5) is 12.1. The van der Waals surface area contributed by atoms with Crippen molar-refractivity contribution in [2.45, 2.75) is 32.4 Å². The summed E-state index contributed by atoms with van der Waals surface area (Å²) in [6.45, 7) is 2.38. The summed E-state index contributed by atoms with van der Waals surface area (Å²) in [6.07, 6.45) is 3.79. The number of anilines is 1. The van der Waals surface area contributed by atoms with Crippen LogP contribution in [-0.4, -0.2) is 27.5 Å². The highest BCUT2D eigenvalue weighted by Crippen LogP contribution is 2.30. The van der Waals surface area contributed by atoms with Crippen molar-refractivity contribution in [3.8, 4) is 0 Å². The van der Waals surface area contributed by atoms with Crippen molar-refractivity contribution in [2.24, 2.45) is 5.92 Å². The van der Waals surface area contributed by atoms with Gasteiger partial charge in [0.05, 0.1) is 17.8 Å². The molecule has 0 radical (unpaired) electrons. The Morgan fingerprint density at radius 2 is 2.41 bits per heavy atom. The molecule has 0 spiro atoms. The summed E-state index contributed by atoms with van der Waals surface area (Å²) in [7, 11) is 0. The first-order valence-electron chi connectivity index (χ1n) is 5.75. The maximum Gasteiger partial charge on any atom is 0.291 e. The zero-order chi connectivity index (χ0) is 12.4. The van der Waals surface area contributed by atoms with E-state index in [0.29, 0.717) is 23.2 Å². The number of rotatable bonds is 5. The van der Waals surface area contributed by atoms with Crippen LogP contribution < -0.4 is 10.9 Å². The SMILES string of the molecule is CC(CO)Nc1c(Cl)cnn(CC2CC2)c1=O. The average Bonchev–Trinajstić information content (AvgIpc) is 3.12. The Hall–Kier alpha value is -1.07. The van der Waals surface area contributed by atoms with Crippen LogP contribution in [0.1, 0.15) is 19.8 Å². The molecule has 0 amide bonds. The van der Waals surface area contributed by atoms with E-state index in [1.807, 2.05) is 0 Å². The number of aliphatic hydroxyl groups is 1. The quantitative estimate of drug-likeness (QED) is 0.829. The highest BCUT2D eigenvalue weighted by atomic mass is 35.5. The highest BCUT2D eigenvalue weighted by Gasteiger charge is 2.23. The van der Waals surface area contributed by atoms with E-state index in [1.165, 1.54) is 10.9 Å². The van der Waals surface area contributed by atoms with Gasteiger partial charge in [-0.3, -0.25) is 4.79 Å².